The van der Waals surface area contributed by atoms with Gasteiger partial charge >= 0.3 is 0 Å². The van der Waals surface area contributed by atoms with Gasteiger partial charge in [-0.15, -0.1) is 0 Å². The van der Waals surface area contributed by atoms with Crippen LogP contribution < -0.4 is 0 Å². The Balaban J connectivity index is 2.40. The van der Waals surface area contributed by atoms with Crippen LogP contribution in [0.2, 0.25) is 0 Å². The number of hydrogen-bond acceptors (Lipinski definition) is 0. The van der Waals surface area contributed by atoms with Crippen LogP contribution in [0.1, 0.15) is 40.7 Å². The highest BCUT2D eigenvalue weighted by molar-refractivity contribution is 5.82. The van der Waals surface area contributed by atoms with Crippen molar-refractivity contribution in [2.45, 2.75) is 33.6 Å². The van der Waals surface area contributed by atoms with Gasteiger partial charge in [0.25, 0.3) is 0 Å². The molecule has 0 nitrogen and oxygen atoms in total. The molecule has 0 radical (unpaired) electrons. The Labute approximate surface area is 103 Å². The lowest BCUT2D eigenvalue weighted by atomic mass is 9.94. The summed E-state index contributed by atoms with van der Waals surface area (Å²) in [6, 6.07) is 11.3. The quantitative estimate of drug-likeness (QED) is 0.603. The second kappa shape index (κ2) is 3.46. The smallest absolute Gasteiger partial charge is 0.00761 e. The summed E-state index contributed by atoms with van der Waals surface area (Å²) < 4.78 is 0. The molecule has 1 atom stereocenters. The predicted octanol–water partition coefficient (Wildman–Crippen LogP) is 4.74. The molecule has 3 rings (SSSR count). The maximum atomic E-state index is 2.35. The zero-order chi connectivity index (χ0) is 12.2. The third-order valence-corrected chi connectivity index (χ3v) is 4.00. The maximum absolute atomic E-state index is 2.35. The lowest BCUT2D eigenvalue weighted by Crippen LogP contribution is -1.93. The van der Waals surface area contributed by atoms with Crippen LogP contribution in [0, 0.1) is 20.8 Å². The van der Waals surface area contributed by atoms with Gasteiger partial charge < -0.3 is 0 Å². The summed E-state index contributed by atoms with van der Waals surface area (Å²) in [6.45, 7) is 8.98. The molecular formula is C17H18. The van der Waals surface area contributed by atoms with Crippen LogP contribution in [-0.2, 0) is 0 Å². The van der Waals surface area contributed by atoms with Gasteiger partial charge in [-0.05, 0) is 54.2 Å². The molecule has 1 aliphatic carbocycles. The molecular weight excluding hydrogens is 204 g/mol. The average Bonchev–Trinajstić information content (AvgIpc) is 2.54. The Morgan fingerprint density at radius 2 is 1.71 bits per heavy atom. The highest BCUT2D eigenvalue weighted by atomic mass is 14.3. The van der Waals surface area contributed by atoms with Crippen molar-refractivity contribution in [3.05, 3.63) is 58.1 Å². The monoisotopic (exact) mass is 222 g/mol. The van der Waals surface area contributed by atoms with Crippen molar-refractivity contribution in [1.29, 1.82) is 0 Å². The normalized spacial score (nSPS) is 16.8. The first-order valence-electron chi connectivity index (χ1n) is 6.30. The molecule has 0 saturated carbocycles. The van der Waals surface area contributed by atoms with Gasteiger partial charge in [-0.1, -0.05) is 42.8 Å². The lowest BCUT2D eigenvalue weighted by molar-refractivity contribution is 0.941. The van der Waals surface area contributed by atoms with E-state index in [2.05, 4.69) is 58.0 Å². The van der Waals surface area contributed by atoms with E-state index in [4.69, 9.17) is 0 Å². The number of benzene rings is 2. The minimum absolute atomic E-state index is 0.541. The Morgan fingerprint density at radius 1 is 0.941 bits per heavy atom. The molecule has 0 aliphatic heterocycles. The van der Waals surface area contributed by atoms with E-state index in [0.29, 0.717) is 5.92 Å². The number of hydrogen-bond donors (Lipinski definition) is 0. The van der Waals surface area contributed by atoms with E-state index in [-0.39, 0.29) is 0 Å². The molecule has 0 heteroatoms. The summed E-state index contributed by atoms with van der Waals surface area (Å²) in [5.41, 5.74) is 10.2. The van der Waals surface area contributed by atoms with Gasteiger partial charge in [0.1, 0.15) is 0 Å². The van der Waals surface area contributed by atoms with E-state index in [0.717, 1.165) is 0 Å². The summed E-state index contributed by atoms with van der Waals surface area (Å²) in [5.74, 6) is 0.541. The van der Waals surface area contributed by atoms with Crippen LogP contribution in [0.3, 0.4) is 0 Å². The minimum Gasteiger partial charge on any atom is -0.0614 e. The average molecular weight is 222 g/mol. The van der Waals surface area contributed by atoms with Gasteiger partial charge in [-0.2, -0.15) is 0 Å². The van der Waals surface area contributed by atoms with Gasteiger partial charge in [0.05, 0.1) is 0 Å². The van der Waals surface area contributed by atoms with Crippen molar-refractivity contribution >= 4 is 0 Å². The van der Waals surface area contributed by atoms with Gasteiger partial charge in [-0.3, -0.25) is 0 Å². The predicted molar refractivity (Wildman–Crippen MR) is 73.6 cm³/mol. The zero-order valence-corrected chi connectivity index (χ0v) is 11.0. The molecule has 0 heterocycles. The largest absolute Gasteiger partial charge is 0.0614 e. The fraction of sp³-hybridized carbons (Fsp3) is 0.294. The Bertz CT molecular complexity index is 606. The highest BCUT2D eigenvalue weighted by Crippen LogP contribution is 2.47. The Morgan fingerprint density at radius 3 is 2.47 bits per heavy atom. The molecule has 0 aromatic heterocycles. The van der Waals surface area contributed by atoms with Crippen LogP contribution >= 0.6 is 0 Å². The van der Waals surface area contributed by atoms with Crippen molar-refractivity contribution < 1.29 is 0 Å². The number of aryl methyl sites for hydroxylation is 3. The van der Waals surface area contributed by atoms with E-state index < -0.39 is 0 Å². The highest BCUT2D eigenvalue weighted by Gasteiger charge is 2.27. The SMILES string of the molecule is Cc1cc(C)c2c(c1)C(C)c1c(C)cccc1-2. The van der Waals surface area contributed by atoms with Crippen molar-refractivity contribution in [3.8, 4) is 11.1 Å². The maximum Gasteiger partial charge on any atom is 0.00761 e. The molecule has 0 amide bonds. The summed E-state index contributed by atoms with van der Waals surface area (Å²) in [7, 11) is 0. The van der Waals surface area contributed by atoms with E-state index in [1.165, 1.54) is 38.9 Å². The molecule has 17 heavy (non-hydrogen) atoms. The Hall–Kier alpha value is -1.56. The fourth-order valence-electron chi connectivity index (χ4n) is 3.34. The van der Waals surface area contributed by atoms with Crippen molar-refractivity contribution in [1.82, 2.24) is 0 Å². The molecule has 0 spiro atoms. The van der Waals surface area contributed by atoms with Crippen LogP contribution in [0.4, 0.5) is 0 Å². The molecule has 86 valence electrons. The molecule has 0 saturated heterocycles. The molecule has 0 fully saturated rings. The summed E-state index contributed by atoms with van der Waals surface area (Å²) >= 11 is 0. The van der Waals surface area contributed by atoms with E-state index in [1.807, 2.05) is 0 Å². The van der Waals surface area contributed by atoms with Crippen LogP contribution in [-0.4, -0.2) is 0 Å². The van der Waals surface area contributed by atoms with E-state index in [9.17, 15) is 0 Å². The first-order chi connectivity index (χ1) is 8.09. The summed E-state index contributed by atoms with van der Waals surface area (Å²) in [6.07, 6.45) is 0. The first-order valence-corrected chi connectivity index (χ1v) is 6.30. The topological polar surface area (TPSA) is 0 Å². The summed E-state index contributed by atoms with van der Waals surface area (Å²) in [5, 5.41) is 0. The third-order valence-electron chi connectivity index (χ3n) is 4.00. The minimum atomic E-state index is 0.541. The molecule has 2 aromatic rings. The standard InChI is InChI=1S/C17H18/c1-10-8-12(3)17-14-7-5-6-11(2)16(14)13(4)15(17)9-10/h5-9,13H,1-4H3. The fourth-order valence-corrected chi connectivity index (χ4v) is 3.34. The second-order valence-corrected chi connectivity index (χ2v) is 5.30. The van der Waals surface area contributed by atoms with Crippen LogP contribution in [0.15, 0.2) is 30.3 Å². The van der Waals surface area contributed by atoms with Gasteiger partial charge in [0, 0.05) is 5.92 Å². The second-order valence-electron chi connectivity index (χ2n) is 5.30. The first kappa shape index (κ1) is 10.6. The van der Waals surface area contributed by atoms with Crippen molar-refractivity contribution in [2.75, 3.05) is 0 Å². The van der Waals surface area contributed by atoms with Gasteiger partial charge in [0.2, 0.25) is 0 Å². The molecule has 1 unspecified atom stereocenters. The molecule has 0 bridgehead atoms. The van der Waals surface area contributed by atoms with Crippen LogP contribution in [0.5, 0.6) is 0 Å². The summed E-state index contributed by atoms with van der Waals surface area (Å²) in [4.78, 5) is 0. The third kappa shape index (κ3) is 1.37. The zero-order valence-electron chi connectivity index (χ0n) is 11.0. The molecule has 0 N–H and O–H groups in total. The lowest BCUT2D eigenvalue weighted by Gasteiger charge is -2.09. The van der Waals surface area contributed by atoms with E-state index >= 15 is 0 Å². The van der Waals surface area contributed by atoms with Gasteiger partial charge in [0.15, 0.2) is 0 Å². The molecule has 1 aliphatic rings. The number of rotatable bonds is 0. The van der Waals surface area contributed by atoms with Gasteiger partial charge in [-0.25, -0.2) is 0 Å². The number of fused-ring (bicyclic) bond motifs is 3. The van der Waals surface area contributed by atoms with Crippen LogP contribution in [0.25, 0.3) is 11.1 Å². The van der Waals surface area contributed by atoms with Crippen molar-refractivity contribution in [3.63, 3.8) is 0 Å². The molecule has 2 aromatic carbocycles. The Kier molecular flexibility index (Phi) is 2.16. The van der Waals surface area contributed by atoms with Crippen molar-refractivity contribution in [2.24, 2.45) is 0 Å². The van der Waals surface area contributed by atoms with E-state index in [1.54, 1.807) is 0 Å².